The molecule has 1 saturated heterocycles. The zero-order valence-electron chi connectivity index (χ0n) is 12.5. The van der Waals surface area contributed by atoms with Gasteiger partial charge in [0.25, 0.3) is 0 Å². The highest BCUT2D eigenvalue weighted by Gasteiger charge is 2.11. The fourth-order valence-electron chi connectivity index (χ4n) is 3.05. The molecule has 1 radical (unpaired) electrons. The lowest BCUT2D eigenvalue weighted by Crippen LogP contribution is -2.21. The molecule has 2 aromatic heterocycles. The van der Waals surface area contributed by atoms with E-state index in [1.54, 1.807) is 17.7 Å². The van der Waals surface area contributed by atoms with E-state index in [0.29, 0.717) is 0 Å². The van der Waals surface area contributed by atoms with Gasteiger partial charge in [0.05, 0.1) is 10.2 Å². The summed E-state index contributed by atoms with van der Waals surface area (Å²) in [6, 6.07) is 11.0. The van der Waals surface area contributed by atoms with E-state index in [1.165, 1.54) is 48.5 Å². The number of rotatable bonds is 4. The highest BCUT2D eigenvalue weighted by Crippen LogP contribution is 2.32. The van der Waals surface area contributed by atoms with E-state index in [9.17, 15) is 0 Å². The Hall–Kier alpha value is -1.78. The Morgan fingerprint density at radius 2 is 2.09 bits per heavy atom. The highest BCUT2D eigenvalue weighted by molar-refractivity contribution is 7.22. The number of aromatic nitrogens is 2. The maximum Gasteiger partial charge on any atom is 0.116 e. The number of hydrogen-bond acceptors (Lipinski definition) is 4. The van der Waals surface area contributed by atoms with Crippen LogP contribution in [0.5, 0.6) is 0 Å². The fraction of sp³-hybridized carbons (Fsp3) is 0.333. The first kappa shape index (κ1) is 13.9. The number of benzene rings is 1. The zero-order chi connectivity index (χ0) is 14.8. The van der Waals surface area contributed by atoms with Gasteiger partial charge in [-0.3, -0.25) is 0 Å². The molecule has 3 heterocycles. The summed E-state index contributed by atoms with van der Waals surface area (Å²) in [7, 11) is 0. The Balaban J connectivity index is 1.55. The second-order valence-corrected chi connectivity index (χ2v) is 6.86. The number of thiophene rings is 1. The summed E-state index contributed by atoms with van der Waals surface area (Å²) in [4.78, 5) is 12.1. The predicted octanol–water partition coefficient (Wildman–Crippen LogP) is 3.80. The van der Waals surface area contributed by atoms with E-state index in [0.717, 1.165) is 16.6 Å². The summed E-state index contributed by atoms with van der Waals surface area (Å²) in [5, 5.41) is 0. The second-order valence-electron chi connectivity index (χ2n) is 5.81. The Morgan fingerprint density at radius 3 is 2.95 bits per heavy atom. The summed E-state index contributed by atoms with van der Waals surface area (Å²) >= 11 is 1.71. The molecule has 4 rings (SSSR count). The lowest BCUT2D eigenvalue weighted by Gasteiger charge is -2.14. The van der Waals surface area contributed by atoms with Gasteiger partial charge in [-0.25, -0.2) is 9.97 Å². The molecule has 1 aromatic carbocycles. The van der Waals surface area contributed by atoms with Gasteiger partial charge in [0.15, 0.2) is 0 Å². The quantitative estimate of drug-likeness (QED) is 0.734. The molecule has 0 bridgehead atoms. The molecule has 0 saturated carbocycles. The van der Waals surface area contributed by atoms with Gasteiger partial charge in [0.2, 0.25) is 0 Å². The van der Waals surface area contributed by atoms with E-state index in [2.05, 4.69) is 51.4 Å². The van der Waals surface area contributed by atoms with Crippen LogP contribution in [0.1, 0.15) is 18.4 Å². The lowest BCUT2D eigenvalue weighted by molar-refractivity contribution is 0.343. The third-order valence-electron chi connectivity index (χ3n) is 4.26. The van der Waals surface area contributed by atoms with E-state index in [-0.39, 0.29) is 0 Å². The van der Waals surface area contributed by atoms with Gasteiger partial charge in [0, 0.05) is 11.4 Å². The van der Waals surface area contributed by atoms with Crippen LogP contribution in [0.3, 0.4) is 0 Å². The minimum absolute atomic E-state index is 0.984. The van der Waals surface area contributed by atoms with Gasteiger partial charge in [-0.15, -0.1) is 11.3 Å². The number of nitrogens with zero attached hydrogens (tertiary/aromatic N) is 3. The third-order valence-corrected chi connectivity index (χ3v) is 5.34. The van der Waals surface area contributed by atoms with Crippen LogP contribution in [0.2, 0.25) is 0 Å². The van der Waals surface area contributed by atoms with Crippen molar-refractivity contribution in [2.75, 3.05) is 19.6 Å². The van der Waals surface area contributed by atoms with Gasteiger partial charge in [-0.1, -0.05) is 24.3 Å². The van der Waals surface area contributed by atoms with Crippen LogP contribution >= 0.6 is 11.3 Å². The van der Waals surface area contributed by atoms with E-state index >= 15 is 0 Å². The van der Waals surface area contributed by atoms with E-state index in [1.807, 2.05) is 0 Å². The average Bonchev–Trinajstić information content (AvgIpc) is 3.22. The SMILES string of the molecule is [c]1ncnc2cc(-c3cccc(CCN4CCCC4)c3)sc12. The molecule has 0 aliphatic carbocycles. The van der Waals surface area contributed by atoms with Crippen molar-refractivity contribution in [1.82, 2.24) is 14.9 Å². The molecule has 1 aliphatic rings. The summed E-state index contributed by atoms with van der Waals surface area (Å²) in [6.45, 7) is 3.71. The van der Waals surface area contributed by atoms with Gasteiger partial charge in [-0.2, -0.15) is 0 Å². The van der Waals surface area contributed by atoms with Gasteiger partial charge in [-0.05, 0) is 49.5 Å². The van der Waals surface area contributed by atoms with Crippen LogP contribution in [0.4, 0.5) is 0 Å². The van der Waals surface area contributed by atoms with Gasteiger partial charge in [0.1, 0.15) is 12.5 Å². The molecule has 3 nitrogen and oxygen atoms in total. The Kier molecular flexibility index (Phi) is 3.87. The minimum atomic E-state index is 0.984. The molecule has 3 aromatic rings. The molecule has 1 aliphatic heterocycles. The monoisotopic (exact) mass is 308 g/mol. The number of likely N-dealkylation sites (tertiary alicyclic amines) is 1. The van der Waals surface area contributed by atoms with Crippen molar-refractivity contribution in [2.24, 2.45) is 0 Å². The number of fused-ring (bicyclic) bond motifs is 1. The van der Waals surface area contributed by atoms with Crippen LogP contribution in [0.25, 0.3) is 20.7 Å². The molecule has 22 heavy (non-hydrogen) atoms. The summed E-state index contributed by atoms with van der Waals surface area (Å²) in [6.07, 6.45) is 8.43. The van der Waals surface area contributed by atoms with Crippen LogP contribution < -0.4 is 0 Å². The highest BCUT2D eigenvalue weighted by atomic mass is 32.1. The molecular formula is C18H18N3S. The standard InChI is InChI=1S/C18H18N3S/c1-2-8-21(7-1)9-6-14-4-3-5-15(10-14)17-11-16-18(22-17)12-19-13-20-16/h3-5,10-11,13H,1-2,6-9H2. The first-order chi connectivity index (χ1) is 10.9. The largest absolute Gasteiger partial charge is 0.303 e. The normalized spacial score (nSPS) is 15.6. The molecule has 0 atom stereocenters. The third kappa shape index (κ3) is 2.89. The second kappa shape index (κ2) is 6.15. The van der Waals surface area contributed by atoms with E-state index in [4.69, 9.17) is 0 Å². The number of hydrogen-bond donors (Lipinski definition) is 0. The average molecular weight is 308 g/mol. The maximum atomic E-state index is 4.30. The summed E-state index contributed by atoms with van der Waals surface area (Å²) < 4.78 is 1.03. The summed E-state index contributed by atoms with van der Waals surface area (Å²) in [5.41, 5.74) is 3.67. The molecule has 0 unspecified atom stereocenters. The Bertz CT molecular complexity index is 742. The van der Waals surface area contributed by atoms with Crippen LogP contribution in [0, 0.1) is 6.20 Å². The molecule has 0 amide bonds. The molecular weight excluding hydrogens is 290 g/mol. The minimum Gasteiger partial charge on any atom is -0.303 e. The molecule has 1 fully saturated rings. The molecule has 0 N–H and O–H groups in total. The zero-order valence-corrected chi connectivity index (χ0v) is 13.3. The fourth-order valence-corrected chi connectivity index (χ4v) is 4.00. The molecule has 4 heteroatoms. The van der Waals surface area contributed by atoms with Crippen molar-refractivity contribution < 1.29 is 0 Å². The van der Waals surface area contributed by atoms with Gasteiger partial charge < -0.3 is 4.90 Å². The van der Waals surface area contributed by atoms with Crippen LogP contribution in [-0.4, -0.2) is 34.5 Å². The smallest absolute Gasteiger partial charge is 0.116 e. The van der Waals surface area contributed by atoms with Crippen molar-refractivity contribution in [3.63, 3.8) is 0 Å². The van der Waals surface area contributed by atoms with Crippen molar-refractivity contribution >= 4 is 21.6 Å². The Morgan fingerprint density at radius 1 is 1.18 bits per heavy atom. The van der Waals surface area contributed by atoms with Gasteiger partial charge >= 0.3 is 0 Å². The molecule has 0 spiro atoms. The Labute approximate surface area is 134 Å². The summed E-state index contributed by atoms with van der Waals surface area (Å²) in [5.74, 6) is 0. The first-order valence-electron chi connectivity index (χ1n) is 7.82. The molecule has 111 valence electrons. The lowest BCUT2D eigenvalue weighted by atomic mass is 10.1. The van der Waals surface area contributed by atoms with Crippen LogP contribution in [-0.2, 0) is 6.42 Å². The van der Waals surface area contributed by atoms with Crippen molar-refractivity contribution in [3.8, 4) is 10.4 Å². The van der Waals surface area contributed by atoms with E-state index < -0.39 is 0 Å². The van der Waals surface area contributed by atoms with Crippen LogP contribution in [0.15, 0.2) is 36.7 Å². The topological polar surface area (TPSA) is 29.0 Å². The van der Waals surface area contributed by atoms with Crippen molar-refractivity contribution in [3.05, 3.63) is 48.4 Å². The van der Waals surface area contributed by atoms with Crippen molar-refractivity contribution in [1.29, 1.82) is 0 Å². The van der Waals surface area contributed by atoms with Crippen molar-refractivity contribution in [2.45, 2.75) is 19.3 Å². The first-order valence-corrected chi connectivity index (χ1v) is 8.64. The maximum absolute atomic E-state index is 4.30. The predicted molar refractivity (Wildman–Crippen MR) is 91.1 cm³/mol.